The van der Waals surface area contributed by atoms with E-state index in [0.29, 0.717) is 23.6 Å². The number of carbonyl (C=O) groups excluding carboxylic acids is 1. The zero-order valence-corrected chi connectivity index (χ0v) is 9.82. The fourth-order valence-corrected chi connectivity index (χ4v) is 1.34. The Balaban J connectivity index is 3.07. The minimum atomic E-state index is -0.197. The molecule has 0 amide bonds. The summed E-state index contributed by atoms with van der Waals surface area (Å²) in [7, 11) is 3.10. The maximum absolute atomic E-state index is 11.9. The molecule has 0 saturated heterocycles. The molecule has 16 heavy (non-hydrogen) atoms. The molecule has 4 nitrogen and oxygen atoms in total. The summed E-state index contributed by atoms with van der Waals surface area (Å²) >= 11 is 0. The average Bonchev–Trinajstić information content (AvgIpc) is 2.35. The molecule has 0 aromatic heterocycles. The van der Waals surface area contributed by atoms with Crippen LogP contribution in [0.5, 0.6) is 11.5 Å². The molecule has 0 radical (unpaired) electrons. The second kappa shape index (κ2) is 5.51. The minimum Gasteiger partial charge on any atom is -0.497 e. The Morgan fingerprint density at radius 2 is 1.75 bits per heavy atom. The van der Waals surface area contributed by atoms with Gasteiger partial charge in [-0.25, -0.2) is 0 Å². The van der Waals surface area contributed by atoms with Gasteiger partial charge < -0.3 is 15.2 Å². The van der Waals surface area contributed by atoms with Crippen LogP contribution < -0.4 is 15.2 Å². The highest BCUT2D eigenvalue weighted by Gasteiger charge is 2.15. The summed E-state index contributed by atoms with van der Waals surface area (Å²) < 4.78 is 10.2. The number of hydrogen-bond donors (Lipinski definition) is 1. The van der Waals surface area contributed by atoms with Crippen molar-refractivity contribution in [2.24, 2.45) is 11.7 Å². The number of hydrogen-bond acceptors (Lipinski definition) is 4. The molecule has 4 heteroatoms. The number of rotatable bonds is 5. The molecule has 1 aromatic carbocycles. The van der Waals surface area contributed by atoms with E-state index in [0.717, 1.165) is 0 Å². The molecule has 88 valence electrons. The van der Waals surface area contributed by atoms with Gasteiger partial charge in [-0.15, -0.1) is 0 Å². The second-order valence-electron chi connectivity index (χ2n) is 3.60. The van der Waals surface area contributed by atoms with E-state index in [4.69, 9.17) is 15.2 Å². The van der Waals surface area contributed by atoms with Crippen LogP contribution in [-0.4, -0.2) is 26.5 Å². The van der Waals surface area contributed by atoms with Crippen molar-refractivity contribution in [2.45, 2.75) is 6.92 Å². The first-order valence-electron chi connectivity index (χ1n) is 5.09. The minimum absolute atomic E-state index is 0.000278. The number of ether oxygens (including phenoxy) is 2. The SMILES string of the molecule is COc1cc(OC)cc(C(=O)C(C)CN)c1. The van der Waals surface area contributed by atoms with Gasteiger partial charge in [0, 0.05) is 24.1 Å². The van der Waals surface area contributed by atoms with Crippen molar-refractivity contribution in [3.63, 3.8) is 0 Å². The molecule has 2 N–H and O–H groups in total. The van der Waals surface area contributed by atoms with Crippen LogP contribution in [-0.2, 0) is 0 Å². The standard InChI is InChI=1S/C12H17NO3/c1-8(7-13)12(14)9-4-10(15-2)6-11(5-9)16-3/h4-6,8H,7,13H2,1-3H3. The highest BCUT2D eigenvalue weighted by Crippen LogP contribution is 2.24. The number of benzene rings is 1. The van der Waals surface area contributed by atoms with Crippen molar-refractivity contribution >= 4 is 5.78 Å². The predicted molar refractivity (Wildman–Crippen MR) is 62.1 cm³/mol. The van der Waals surface area contributed by atoms with Gasteiger partial charge in [-0.2, -0.15) is 0 Å². The Hall–Kier alpha value is -1.55. The highest BCUT2D eigenvalue weighted by molar-refractivity contribution is 5.98. The second-order valence-corrected chi connectivity index (χ2v) is 3.60. The summed E-state index contributed by atoms with van der Waals surface area (Å²) in [6.07, 6.45) is 0. The van der Waals surface area contributed by atoms with Gasteiger partial charge in [0.05, 0.1) is 14.2 Å². The first kappa shape index (κ1) is 12.5. The van der Waals surface area contributed by atoms with Gasteiger partial charge in [-0.1, -0.05) is 6.92 Å². The van der Waals surface area contributed by atoms with E-state index in [1.807, 2.05) is 0 Å². The van der Waals surface area contributed by atoms with Crippen LogP contribution in [0, 0.1) is 5.92 Å². The number of methoxy groups -OCH3 is 2. The number of carbonyl (C=O) groups is 1. The topological polar surface area (TPSA) is 61.5 Å². The van der Waals surface area contributed by atoms with E-state index >= 15 is 0 Å². The molecule has 0 fully saturated rings. The van der Waals surface area contributed by atoms with Gasteiger partial charge >= 0.3 is 0 Å². The van der Waals surface area contributed by atoms with E-state index in [1.165, 1.54) is 0 Å². The predicted octanol–water partition coefficient (Wildman–Crippen LogP) is 1.48. The number of nitrogens with two attached hydrogens (primary N) is 1. The zero-order chi connectivity index (χ0) is 12.1. The van der Waals surface area contributed by atoms with Crippen LogP contribution in [0.25, 0.3) is 0 Å². The monoisotopic (exact) mass is 223 g/mol. The van der Waals surface area contributed by atoms with Gasteiger partial charge in [0.2, 0.25) is 0 Å². The Morgan fingerprint density at radius 3 is 2.12 bits per heavy atom. The van der Waals surface area contributed by atoms with Crippen molar-refractivity contribution in [2.75, 3.05) is 20.8 Å². The van der Waals surface area contributed by atoms with Crippen LogP contribution in [0.2, 0.25) is 0 Å². The largest absolute Gasteiger partial charge is 0.497 e. The molecular weight excluding hydrogens is 206 g/mol. The molecule has 1 unspecified atom stereocenters. The van der Waals surface area contributed by atoms with Crippen molar-refractivity contribution < 1.29 is 14.3 Å². The lowest BCUT2D eigenvalue weighted by atomic mass is 9.99. The number of ketones is 1. The maximum Gasteiger partial charge on any atom is 0.167 e. The van der Waals surface area contributed by atoms with E-state index in [2.05, 4.69) is 0 Å². The van der Waals surface area contributed by atoms with Gasteiger partial charge in [-0.05, 0) is 12.1 Å². The molecule has 0 heterocycles. The van der Waals surface area contributed by atoms with Gasteiger partial charge in [-0.3, -0.25) is 4.79 Å². The van der Waals surface area contributed by atoms with Crippen molar-refractivity contribution in [3.8, 4) is 11.5 Å². The Bertz CT molecular complexity index is 354. The third kappa shape index (κ3) is 2.73. The molecule has 0 spiro atoms. The Labute approximate surface area is 95.3 Å². The average molecular weight is 223 g/mol. The van der Waals surface area contributed by atoms with Gasteiger partial charge in [0.1, 0.15) is 11.5 Å². The van der Waals surface area contributed by atoms with Crippen LogP contribution in [0.4, 0.5) is 0 Å². The summed E-state index contributed by atoms with van der Waals surface area (Å²) in [5, 5.41) is 0. The van der Waals surface area contributed by atoms with Crippen LogP contribution in [0.3, 0.4) is 0 Å². The summed E-state index contributed by atoms with van der Waals surface area (Å²) in [6.45, 7) is 2.13. The molecule has 0 aliphatic heterocycles. The first-order chi connectivity index (χ1) is 7.62. The molecular formula is C12H17NO3. The molecule has 0 saturated carbocycles. The lowest BCUT2D eigenvalue weighted by Crippen LogP contribution is -2.20. The smallest absolute Gasteiger partial charge is 0.167 e. The lowest BCUT2D eigenvalue weighted by Gasteiger charge is -2.10. The summed E-state index contributed by atoms with van der Waals surface area (Å²) in [5.41, 5.74) is 6.03. The van der Waals surface area contributed by atoms with E-state index in [-0.39, 0.29) is 11.7 Å². The molecule has 0 aliphatic rings. The van der Waals surface area contributed by atoms with Gasteiger partial charge in [0.25, 0.3) is 0 Å². The van der Waals surface area contributed by atoms with Crippen molar-refractivity contribution in [1.82, 2.24) is 0 Å². The Kier molecular flexibility index (Phi) is 4.31. The molecule has 1 rings (SSSR count). The summed E-state index contributed by atoms with van der Waals surface area (Å²) in [5.74, 6) is 1.01. The van der Waals surface area contributed by atoms with Gasteiger partial charge in [0.15, 0.2) is 5.78 Å². The molecule has 1 atom stereocenters. The van der Waals surface area contributed by atoms with E-state index in [1.54, 1.807) is 39.3 Å². The number of Topliss-reactive ketones (excluding diaryl/α,β-unsaturated/α-hetero) is 1. The van der Waals surface area contributed by atoms with Crippen molar-refractivity contribution in [3.05, 3.63) is 23.8 Å². The molecule has 1 aromatic rings. The van der Waals surface area contributed by atoms with Crippen LogP contribution >= 0.6 is 0 Å². The highest BCUT2D eigenvalue weighted by atomic mass is 16.5. The van der Waals surface area contributed by atoms with Crippen molar-refractivity contribution in [1.29, 1.82) is 0 Å². The third-order valence-electron chi connectivity index (χ3n) is 2.44. The molecule has 0 aliphatic carbocycles. The van der Waals surface area contributed by atoms with Crippen LogP contribution in [0.1, 0.15) is 17.3 Å². The fraction of sp³-hybridized carbons (Fsp3) is 0.417. The normalized spacial score (nSPS) is 12.0. The summed E-state index contributed by atoms with van der Waals surface area (Å²) in [6, 6.07) is 5.11. The maximum atomic E-state index is 11.9. The lowest BCUT2D eigenvalue weighted by molar-refractivity contribution is 0.0933. The quantitative estimate of drug-likeness (QED) is 0.768. The molecule has 0 bridgehead atoms. The zero-order valence-electron chi connectivity index (χ0n) is 9.82. The Morgan fingerprint density at radius 1 is 1.25 bits per heavy atom. The van der Waals surface area contributed by atoms with E-state index in [9.17, 15) is 4.79 Å². The van der Waals surface area contributed by atoms with Crippen LogP contribution in [0.15, 0.2) is 18.2 Å². The first-order valence-corrected chi connectivity index (χ1v) is 5.09. The summed E-state index contributed by atoms with van der Waals surface area (Å²) in [4.78, 5) is 11.9. The van der Waals surface area contributed by atoms with E-state index < -0.39 is 0 Å². The fourth-order valence-electron chi connectivity index (χ4n) is 1.34. The third-order valence-corrected chi connectivity index (χ3v) is 2.44.